The second kappa shape index (κ2) is 28.1. The van der Waals surface area contributed by atoms with E-state index in [1.54, 1.807) is 0 Å². The lowest BCUT2D eigenvalue weighted by molar-refractivity contribution is -0.134. The largest absolute Gasteiger partial charge is 0.487 e. The van der Waals surface area contributed by atoms with E-state index in [4.69, 9.17) is 9.47 Å². The molecule has 0 saturated heterocycles. The van der Waals surface area contributed by atoms with Gasteiger partial charge in [0.1, 0.15) is 17.1 Å². The normalized spacial score (nSPS) is 15.6. The summed E-state index contributed by atoms with van der Waals surface area (Å²) >= 11 is 0. The van der Waals surface area contributed by atoms with Crippen molar-refractivity contribution in [3.05, 3.63) is 22.3 Å². The van der Waals surface area contributed by atoms with Gasteiger partial charge in [0.15, 0.2) is 0 Å². The molecular weight excluding hydrogens is 613 g/mol. The third-order valence-electron chi connectivity index (χ3n) is 11.8. The first-order chi connectivity index (χ1) is 24.3. The molecule has 3 nitrogen and oxygen atoms in total. The third kappa shape index (κ3) is 18.8. The summed E-state index contributed by atoms with van der Waals surface area (Å²) in [4.78, 5) is 12.9. The molecule has 1 heterocycles. The van der Waals surface area contributed by atoms with Gasteiger partial charge in [-0.05, 0) is 76.5 Å². The Labute approximate surface area is 312 Å². The lowest BCUT2D eigenvalue weighted by Gasteiger charge is -2.38. The average Bonchev–Trinajstić information content (AvgIpc) is 3.11. The Balaban J connectivity index is 1.59. The van der Waals surface area contributed by atoms with Gasteiger partial charge in [0.05, 0.1) is 0 Å². The van der Waals surface area contributed by atoms with E-state index in [0.29, 0.717) is 6.42 Å². The van der Waals surface area contributed by atoms with E-state index in [-0.39, 0.29) is 11.6 Å². The van der Waals surface area contributed by atoms with Gasteiger partial charge in [-0.2, -0.15) is 0 Å². The van der Waals surface area contributed by atoms with Crippen molar-refractivity contribution in [2.75, 3.05) is 0 Å². The minimum absolute atomic E-state index is 0.0791. The standard InChI is InChI=1S/C47H84O3/c1-7-9-11-13-15-17-19-21-23-24-26-28-30-32-34-36-44(48)49-45-40(3)41(4)46-43(42(45)5)37-39-47(6,50-46)38-35-33-31-29-27-25-22-20-18-16-14-12-10-8-2/h7-39H2,1-6H3. The zero-order valence-electron chi connectivity index (χ0n) is 34.6. The highest BCUT2D eigenvalue weighted by molar-refractivity contribution is 5.74. The molecule has 0 amide bonds. The number of fused-ring (bicyclic) bond motifs is 1. The molecule has 1 aromatic rings. The summed E-state index contributed by atoms with van der Waals surface area (Å²) in [6.07, 6.45) is 43.2. The highest BCUT2D eigenvalue weighted by atomic mass is 16.5. The first-order valence-electron chi connectivity index (χ1n) is 22.3. The van der Waals surface area contributed by atoms with Gasteiger partial charge in [-0.25, -0.2) is 0 Å². The van der Waals surface area contributed by atoms with Crippen LogP contribution in [0.25, 0.3) is 0 Å². The molecule has 1 unspecified atom stereocenters. The number of esters is 1. The monoisotopic (exact) mass is 697 g/mol. The molecule has 50 heavy (non-hydrogen) atoms. The number of rotatable bonds is 32. The van der Waals surface area contributed by atoms with Crippen LogP contribution in [0.3, 0.4) is 0 Å². The number of carbonyl (C=O) groups is 1. The number of carbonyl (C=O) groups excluding carboxylic acids is 1. The van der Waals surface area contributed by atoms with Gasteiger partial charge in [-0.1, -0.05) is 187 Å². The quantitative estimate of drug-likeness (QED) is 0.0427. The van der Waals surface area contributed by atoms with Gasteiger partial charge < -0.3 is 9.47 Å². The minimum Gasteiger partial charge on any atom is -0.487 e. The van der Waals surface area contributed by atoms with Crippen molar-refractivity contribution in [1.29, 1.82) is 0 Å². The van der Waals surface area contributed by atoms with Crippen molar-refractivity contribution < 1.29 is 14.3 Å². The van der Waals surface area contributed by atoms with Crippen molar-refractivity contribution in [3.63, 3.8) is 0 Å². The molecule has 0 spiro atoms. The van der Waals surface area contributed by atoms with Crippen molar-refractivity contribution in [2.24, 2.45) is 0 Å². The van der Waals surface area contributed by atoms with Crippen LogP contribution in [0.1, 0.15) is 248 Å². The second-order valence-corrected chi connectivity index (χ2v) is 16.6. The molecular formula is C47H84O3. The zero-order valence-corrected chi connectivity index (χ0v) is 34.6. The van der Waals surface area contributed by atoms with E-state index < -0.39 is 0 Å². The number of ether oxygens (including phenoxy) is 2. The smallest absolute Gasteiger partial charge is 0.311 e. The summed E-state index contributed by atoms with van der Waals surface area (Å²) in [7, 11) is 0. The zero-order chi connectivity index (χ0) is 36.3. The molecule has 0 saturated carbocycles. The predicted molar refractivity (Wildman–Crippen MR) is 218 cm³/mol. The van der Waals surface area contributed by atoms with Crippen LogP contribution in [-0.4, -0.2) is 11.6 Å². The van der Waals surface area contributed by atoms with Gasteiger partial charge in [-0.15, -0.1) is 0 Å². The van der Waals surface area contributed by atoms with Crippen LogP contribution in [0.2, 0.25) is 0 Å². The average molecular weight is 697 g/mol. The van der Waals surface area contributed by atoms with E-state index >= 15 is 0 Å². The fourth-order valence-corrected chi connectivity index (χ4v) is 8.11. The van der Waals surface area contributed by atoms with Gasteiger partial charge in [0.2, 0.25) is 0 Å². The maximum Gasteiger partial charge on any atom is 0.311 e. The molecule has 0 radical (unpaired) electrons. The van der Waals surface area contributed by atoms with Gasteiger partial charge in [0, 0.05) is 12.0 Å². The first-order valence-corrected chi connectivity index (χ1v) is 22.3. The molecule has 1 aromatic carbocycles. The van der Waals surface area contributed by atoms with Crippen LogP contribution < -0.4 is 9.47 Å². The summed E-state index contributed by atoms with van der Waals surface area (Å²) in [5.74, 6) is 1.76. The van der Waals surface area contributed by atoms with E-state index in [1.807, 2.05) is 0 Å². The number of benzene rings is 1. The molecule has 1 aliphatic heterocycles. The summed E-state index contributed by atoms with van der Waals surface area (Å²) in [6.45, 7) is 13.3. The SMILES string of the molecule is CCCCCCCCCCCCCCCCCC(=O)Oc1c(C)c(C)c2c(c1C)CCC(C)(CCCCCCCCCCCCCCCC)O2. The first kappa shape index (κ1) is 44.7. The highest BCUT2D eigenvalue weighted by Crippen LogP contribution is 2.45. The van der Waals surface area contributed by atoms with E-state index in [1.165, 1.54) is 179 Å². The molecule has 290 valence electrons. The van der Waals surface area contributed by atoms with E-state index in [9.17, 15) is 4.79 Å². The number of hydrogen-bond donors (Lipinski definition) is 0. The highest BCUT2D eigenvalue weighted by Gasteiger charge is 2.34. The van der Waals surface area contributed by atoms with Gasteiger partial charge in [0.25, 0.3) is 0 Å². The fraction of sp³-hybridized carbons (Fsp3) is 0.851. The summed E-state index contributed by atoms with van der Waals surface area (Å²) in [5.41, 5.74) is 4.46. The molecule has 0 aliphatic carbocycles. The molecule has 0 N–H and O–H groups in total. The lowest BCUT2D eigenvalue weighted by Crippen LogP contribution is -2.37. The summed E-state index contributed by atoms with van der Waals surface area (Å²) in [5, 5.41) is 0. The Morgan fingerprint density at radius 2 is 0.920 bits per heavy atom. The molecule has 1 atom stereocenters. The van der Waals surface area contributed by atoms with Crippen LogP contribution in [0.4, 0.5) is 0 Å². The van der Waals surface area contributed by atoms with Gasteiger partial charge >= 0.3 is 5.97 Å². The predicted octanol–water partition coefficient (Wildman–Crippen LogP) is 15.7. The molecule has 0 bridgehead atoms. The Morgan fingerprint density at radius 3 is 1.34 bits per heavy atom. The molecule has 0 fully saturated rings. The topological polar surface area (TPSA) is 35.5 Å². The van der Waals surface area contributed by atoms with Gasteiger partial charge in [-0.3, -0.25) is 4.79 Å². The van der Waals surface area contributed by atoms with Crippen LogP contribution in [0, 0.1) is 20.8 Å². The van der Waals surface area contributed by atoms with Crippen LogP contribution >= 0.6 is 0 Å². The maximum absolute atomic E-state index is 12.9. The maximum atomic E-state index is 12.9. The molecule has 1 aliphatic rings. The Hall–Kier alpha value is -1.51. The van der Waals surface area contributed by atoms with Crippen LogP contribution in [-0.2, 0) is 11.2 Å². The second-order valence-electron chi connectivity index (χ2n) is 16.6. The number of hydrogen-bond acceptors (Lipinski definition) is 3. The fourth-order valence-electron chi connectivity index (χ4n) is 8.11. The Bertz CT molecular complexity index is 1010. The molecule has 0 aromatic heterocycles. The lowest BCUT2D eigenvalue weighted by atomic mass is 9.84. The van der Waals surface area contributed by atoms with E-state index in [2.05, 4.69) is 41.5 Å². The van der Waals surface area contributed by atoms with Crippen molar-refractivity contribution >= 4 is 5.97 Å². The van der Waals surface area contributed by atoms with Crippen LogP contribution in [0.15, 0.2) is 0 Å². The van der Waals surface area contributed by atoms with Crippen molar-refractivity contribution in [2.45, 2.75) is 259 Å². The Morgan fingerprint density at radius 1 is 0.540 bits per heavy atom. The minimum atomic E-state index is -0.0977. The number of unbranched alkanes of at least 4 members (excludes halogenated alkanes) is 27. The summed E-state index contributed by atoms with van der Waals surface area (Å²) < 4.78 is 12.9. The molecule has 3 heteroatoms. The third-order valence-corrected chi connectivity index (χ3v) is 11.8. The van der Waals surface area contributed by atoms with Crippen molar-refractivity contribution in [3.8, 4) is 11.5 Å². The van der Waals surface area contributed by atoms with Crippen molar-refractivity contribution in [1.82, 2.24) is 0 Å². The Kier molecular flexibility index (Phi) is 25.0. The summed E-state index contributed by atoms with van der Waals surface area (Å²) in [6, 6.07) is 0. The van der Waals surface area contributed by atoms with E-state index in [0.717, 1.165) is 60.3 Å². The molecule has 2 rings (SSSR count). The van der Waals surface area contributed by atoms with Crippen LogP contribution in [0.5, 0.6) is 11.5 Å².